The normalized spacial score (nSPS) is 12.4. The number of halogens is 1. The summed E-state index contributed by atoms with van der Waals surface area (Å²) >= 11 is 3.46. The van der Waals surface area contributed by atoms with Crippen LogP contribution in [0.4, 0.5) is 5.69 Å². The zero-order valence-corrected chi connectivity index (χ0v) is 29.3. The second-order valence-corrected chi connectivity index (χ2v) is 13.8. The number of amides is 2. The minimum absolute atomic E-state index is 0.0354. The maximum absolute atomic E-state index is 14.6. The predicted octanol–water partition coefficient (Wildman–Crippen LogP) is 6.22. The molecule has 4 aromatic carbocycles. The summed E-state index contributed by atoms with van der Waals surface area (Å²) in [5.41, 5.74) is 1.82. The molecule has 47 heavy (non-hydrogen) atoms. The third-order valence-electron chi connectivity index (χ3n) is 7.82. The number of rotatable bonds is 15. The molecule has 0 bridgehead atoms. The highest BCUT2D eigenvalue weighted by molar-refractivity contribution is 9.10. The van der Waals surface area contributed by atoms with Gasteiger partial charge in [0.15, 0.2) is 0 Å². The number of nitrogens with zero attached hydrogens (tertiary/aromatic N) is 2. The third kappa shape index (κ3) is 9.14. The van der Waals surface area contributed by atoms with Crippen LogP contribution in [0, 0.1) is 0 Å². The molecule has 4 rings (SSSR count). The molecule has 0 spiro atoms. The van der Waals surface area contributed by atoms with Gasteiger partial charge in [0.1, 0.15) is 24.1 Å². The van der Waals surface area contributed by atoms with Crippen molar-refractivity contribution < 1.29 is 27.5 Å². The largest absolute Gasteiger partial charge is 0.497 e. The number of anilines is 1. The molecule has 1 N–H and O–H groups in total. The van der Waals surface area contributed by atoms with Gasteiger partial charge in [0.25, 0.3) is 10.0 Å². The highest BCUT2D eigenvalue weighted by Gasteiger charge is 2.35. The van der Waals surface area contributed by atoms with E-state index in [-0.39, 0.29) is 41.2 Å². The van der Waals surface area contributed by atoms with Crippen molar-refractivity contribution in [3.05, 3.63) is 119 Å². The van der Waals surface area contributed by atoms with Gasteiger partial charge in [-0.2, -0.15) is 0 Å². The maximum atomic E-state index is 14.6. The summed E-state index contributed by atoms with van der Waals surface area (Å²) in [6.07, 6.45) is 0.928. The fourth-order valence-corrected chi connectivity index (χ4v) is 6.69. The van der Waals surface area contributed by atoms with Crippen molar-refractivity contribution in [2.24, 2.45) is 0 Å². The SMILES string of the molecule is CCC(C)NC(=O)C(Cc1ccccc1)N(Cc1ccc(Br)cc1)C(=O)CN(c1ccccc1OC)S(=O)(=O)c1ccc(OC)cc1. The Bertz CT molecular complexity index is 1740. The molecule has 0 fully saturated rings. The average molecular weight is 723 g/mol. The van der Waals surface area contributed by atoms with Gasteiger partial charge in [-0.05, 0) is 73.0 Å². The van der Waals surface area contributed by atoms with E-state index in [9.17, 15) is 18.0 Å². The first-order chi connectivity index (χ1) is 22.6. The van der Waals surface area contributed by atoms with Gasteiger partial charge >= 0.3 is 0 Å². The van der Waals surface area contributed by atoms with Crippen LogP contribution in [0.15, 0.2) is 112 Å². The molecule has 0 aliphatic heterocycles. The quantitative estimate of drug-likeness (QED) is 0.156. The summed E-state index contributed by atoms with van der Waals surface area (Å²) in [5.74, 6) is -0.125. The Hall–Kier alpha value is -4.35. The summed E-state index contributed by atoms with van der Waals surface area (Å²) in [6, 6.07) is 28.4. The Morgan fingerprint density at radius 2 is 1.47 bits per heavy atom. The first-order valence-corrected chi connectivity index (χ1v) is 17.5. The fraction of sp³-hybridized carbons (Fsp3) is 0.278. The highest BCUT2D eigenvalue weighted by atomic mass is 79.9. The minimum atomic E-state index is -4.30. The van der Waals surface area contributed by atoms with Crippen molar-refractivity contribution in [3.63, 3.8) is 0 Å². The third-order valence-corrected chi connectivity index (χ3v) is 10.1. The average Bonchev–Trinajstić information content (AvgIpc) is 3.09. The van der Waals surface area contributed by atoms with Crippen molar-refractivity contribution in [1.29, 1.82) is 0 Å². The Morgan fingerprint density at radius 1 is 0.830 bits per heavy atom. The van der Waals surface area contributed by atoms with Crippen molar-refractivity contribution in [2.75, 3.05) is 25.1 Å². The van der Waals surface area contributed by atoms with Gasteiger partial charge in [-0.1, -0.05) is 77.5 Å². The Morgan fingerprint density at radius 3 is 2.09 bits per heavy atom. The van der Waals surface area contributed by atoms with E-state index in [0.717, 1.165) is 19.9 Å². The van der Waals surface area contributed by atoms with E-state index in [4.69, 9.17) is 9.47 Å². The van der Waals surface area contributed by atoms with E-state index >= 15 is 0 Å². The molecule has 248 valence electrons. The van der Waals surface area contributed by atoms with Gasteiger partial charge in [0, 0.05) is 23.5 Å². The lowest BCUT2D eigenvalue weighted by Crippen LogP contribution is -2.54. The lowest BCUT2D eigenvalue weighted by Gasteiger charge is -2.34. The molecule has 0 aliphatic carbocycles. The second-order valence-electron chi connectivity index (χ2n) is 11.0. The number of benzene rings is 4. The van der Waals surface area contributed by atoms with E-state index in [1.165, 1.54) is 31.3 Å². The number of methoxy groups -OCH3 is 2. The molecule has 0 radical (unpaired) electrons. The summed E-state index contributed by atoms with van der Waals surface area (Å²) in [5, 5.41) is 3.05. The molecule has 2 amide bonds. The molecule has 11 heteroatoms. The van der Waals surface area contributed by atoms with Gasteiger partial charge in [0.05, 0.1) is 24.8 Å². The molecule has 0 aromatic heterocycles. The smallest absolute Gasteiger partial charge is 0.264 e. The van der Waals surface area contributed by atoms with Crippen LogP contribution in [0.2, 0.25) is 0 Å². The number of ether oxygens (including phenoxy) is 2. The van der Waals surface area contributed by atoms with E-state index in [1.54, 1.807) is 36.4 Å². The van der Waals surface area contributed by atoms with Gasteiger partial charge in [-0.15, -0.1) is 0 Å². The number of sulfonamides is 1. The number of nitrogens with one attached hydrogen (secondary N) is 1. The van der Waals surface area contributed by atoms with Crippen LogP contribution < -0.4 is 19.1 Å². The number of hydrogen-bond donors (Lipinski definition) is 1. The van der Waals surface area contributed by atoms with Crippen LogP contribution in [0.25, 0.3) is 0 Å². The van der Waals surface area contributed by atoms with Crippen molar-refractivity contribution in [1.82, 2.24) is 10.2 Å². The Kier molecular flexibility index (Phi) is 12.4. The zero-order valence-electron chi connectivity index (χ0n) is 26.9. The van der Waals surface area contributed by atoms with Crippen molar-refractivity contribution >= 4 is 43.5 Å². The molecule has 2 unspecified atom stereocenters. The molecular formula is C36H40BrN3O6S. The summed E-state index contributed by atoms with van der Waals surface area (Å²) < 4.78 is 41.3. The molecule has 0 heterocycles. The minimum Gasteiger partial charge on any atom is -0.497 e. The summed E-state index contributed by atoms with van der Waals surface area (Å²) in [7, 11) is -1.37. The lowest BCUT2D eigenvalue weighted by atomic mass is 10.0. The zero-order chi connectivity index (χ0) is 34.0. The lowest BCUT2D eigenvalue weighted by molar-refractivity contribution is -0.140. The standard InChI is InChI=1S/C36H40BrN3O6S/c1-5-26(2)38-36(42)33(23-27-11-7-6-8-12-27)39(24-28-15-17-29(37)18-16-28)35(41)25-40(32-13-9-10-14-34(32)46-4)47(43,44)31-21-19-30(45-3)20-22-31/h6-22,26,33H,5,23-25H2,1-4H3,(H,38,42). The van der Waals surface area contributed by atoms with E-state index in [0.29, 0.717) is 12.2 Å². The Balaban J connectivity index is 1.83. The molecule has 0 saturated heterocycles. The van der Waals surface area contributed by atoms with E-state index in [1.807, 2.05) is 68.4 Å². The van der Waals surface area contributed by atoms with Crippen molar-refractivity contribution in [3.8, 4) is 11.5 Å². The Labute approximate surface area is 285 Å². The van der Waals surface area contributed by atoms with Gasteiger partial charge < -0.3 is 19.7 Å². The number of hydrogen-bond acceptors (Lipinski definition) is 6. The molecular weight excluding hydrogens is 682 g/mol. The maximum Gasteiger partial charge on any atom is 0.264 e. The molecule has 2 atom stereocenters. The topological polar surface area (TPSA) is 105 Å². The molecule has 0 saturated carbocycles. The second kappa shape index (κ2) is 16.5. The van der Waals surface area contributed by atoms with Gasteiger partial charge in [-0.3, -0.25) is 13.9 Å². The van der Waals surface area contributed by atoms with Crippen LogP contribution >= 0.6 is 15.9 Å². The van der Waals surface area contributed by atoms with Gasteiger partial charge in [-0.25, -0.2) is 8.42 Å². The number of para-hydroxylation sites is 2. The van der Waals surface area contributed by atoms with E-state index in [2.05, 4.69) is 21.2 Å². The first-order valence-electron chi connectivity index (χ1n) is 15.2. The van der Waals surface area contributed by atoms with Crippen LogP contribution in [-0.4, -0.2) is 58.0 Å². The first kappa shape index (κ1) is 35.5. The fourth-order valence-electron chi connectivity index (χ4n) is 5.01. The summed E-state index contributed by atoms with van der Waals surface area (Å²) in [4.78, 5) is 30.0. The van der Waals surface area contributed by atoms with Gasteiger partial charge in [0.2, 0.25) is 11.8 Å². The number of carbonyl (C=O) groups excluding carboxylic acids is 2. The highest BCUT2D eigenvalue weighted by Crippen LogP contribution is 2.33. The van der Waals surface area contributed by atoms with Crippen LogP contribution in [0.5, 0.6) is 11.5 Å². The molecule has 9 nitrogen and oxygen atoms in total. The molecule has 0 aliphatic rings. The van der Waals surface area contributed by atoms with Crippen LogP contribution in [-0.2, 0) is 32.6 Å². The van der Waals surface area contributed by atoms with Crippen LogP contribution in [0.1, 0.15) is 31.4 Å². The monoisotopic (exact) mass is 721 g/mol. The molecule has 4 aromatic rings. The van der Waals surface area contributed by atoms with E-state index < -0.39 is 28.5 Å². The van der Waals surface area contributed by atoms with Crippen LogP contribution in [0.3, 0.4) is 0 Å². The van der Waals surface area contributed by atoms with Crippen molar-refractivity contribution in [2.45, 2.75) is 50.2 Å². The summed E-state index contributed by atoms with van der Waals surface area (Å²) in [6.45, 7) is 3.35. The predicted molar refractivity (Wildman–Crippen MR) is 187 cm³/mol. The number of carbonyl (C=O) groups is 2.